The van der Waals surface area contributed by atoms with E-state index >= 15 is 0 Å². The molecule has 5 heteroatoms. The first-order valence-electron chi connectivity index (χ1n) is 9.28. The molecule has 3 N–H and O–H groups in total. The number of anilines is 1. The van der Waals surface area contributed by atoms with E-state index in [1.54, 1.807) is 6.07 Å². The molecule has 0 bridgehead atoms. The van der Waals surface area contributed by atoms with Crippen molar-refractivity contribution in [3.63, 3.8) is 0 Å². The van der Waals surface area contributed by atoms with E-state index in [0.717, 1.165) is 27.5 Å². The number of fused-ring (bicyclic) bond motifs is 1. The zero-order valence-electron chi connectivity index (χ0n) is 16.0. The van der Waals surface area contributed by atoms with Crippen molar-refractivity contribution in [3.05, 3.63) is 77.4 Å². The lowest BCUT2D eigenvalue weighted by Crippen LogP contribution is -2.36. The van der Waals surface area contributed by atoms with Gasteiger partial charge in [0.15, 0.2) is 0 Å². The molecule has 1 atom stereocenters. The van der Waals surface area contributed by atoms with Crippen molar-refractivity contribution in [2.75, 3.05) is 11.9 Å². The van der Waals surface area contributed by atoms with E-state index in [9.17, 15) is 14.7 Å². The summed E-state index contributed by atoms with van der Waals surface area (Å²) in [7, 11) is 0. The second-order valence-electron chi connectivity index (χ2n) is 6.90. The minimum atomic E-state index is -0.728. The number of benzene rings is 3. The smallest absolute Gasteiger partial charge is 0.313 e. The van der Waals surface area contributed by atoms with Crippen molar-refractivity contribution in [2.24, 2.45) is 0 Å². The quantitative estimate of drug-likeness (QED) is 0.595. The molecule has 3 rings (SSSR count). The van der Waals surface area contributed by atoms with E-state index in [4.69, 9.17) is 0 Å². The third kappa shape index (κ3) is 4.56. The summed E-state index contributed by atoms with van der Waals surface area (Å²) in [6.07, 6.45) is -0.412. The second kappa shape index (κ2) is 8.67. The van der Waals surface area contributed by atoms with Crippen molar-refractivity contribution in [3.8, 4) is 0 Å². The third-order valence-electron chi connectivity index (χ3n) is 4.72. The number of hydrogen-bond acceptors (Lipinski definition) is 3. The molecule has 0 aliphatic rings. The number of carbonyl (C=O) groups excluding carboxylic acids is 2. The predicted octanol–water partition coefficient (Wildman–Crippen LogP) is 3.64. The summed E-state index contributed by atoms with van der Waals surface area (Å²) in [6, 6.07) is 19.2. The lowest BCUT2D eigenvalue weighted by atomic mass is 9.99. The first-order valence-corrected chi connectivity index (χ1v) is 9.28. The fourth-order valence-electron chi connectivity index (χ4n) is 3.23. The molecule has 0 fully saturated rings. The van der Waals surface area contributed by atoms with Gasteiger partial charge in [0.2, 0.25) is 0 Å². The standard InChI is InChI=1S/C23H24N2O3/c1-15-10-11-20(16(2)14-15)25-23(28)22(27)24-13-12-21(26)19-9-5-7-17-6-3-4-8-18(17)19/h3-11,14,21,26H,12-13H2,1-2H3,(H,24,27)(H,25,28). The number of aliphatic hydroxyl groups excluding tert-OH is 1. The molecule has 5 nitrogen and oxygen atoms in total. The number of aliphatic hydroxyl groups is 1. The van der Waals surface area contributed by atoms with Gasteiger partial charge in [-0.25, -0.2) is 0 Å². The lowest BCUT2D eigenvalue weighted by molar-refractivity contribution is -0.136. The molecule has 0 aliphatic carbocycles. The van der Waals surface area contributed by atoms with Gasteiger partial charge in [-0.1, -0.05) is 60.2 Å². The van der Waals surface area contributed by atoms with Crippen LogP contribution in [0.15, 0.2) is 60.7 Å². The third-order valence-corrected chi connectivity index (χ3v) is 4.72. The van der Waals surface area contributed by atoms with Gasteiger partial charge in [-0.2, -0.15) is 0 Å². The van der Waals surface area contributed by atoms with Crippen molar-refractivity contribution >= 4 is 28.3 Å². The molecular formula is C23H24N2O3. The highest BCUT2D eigenvalue weighted by Crippen LogP contribution is 2.25. The van der Waals surface area contributed by atoms with E-state index in [1.807, 2.05) is 68.4 Å². The summed E-state index contributed by atoms with van der Waals surface area (Å²) in [6.45, 7) is 4.04. The van der Waals surface area contributed by atoms with Crippen LogP contribution in [0.1, 0.15) is 29.2 Å². The monoisotopic (exact) mass is 376 g/mol. The Kier molecular flexibility index (Phi) is 6.06. The van der Waals surface area contributed by atoms with E-state index < -0.39 is 17.9 Å². The first kappa shape index (κ1) is 19.6. The molecule has 0 saturated heterocycles. The number of carbonyl (C=O) groups is 2. The van der Waals surface area contributed by atoms with Crippen LogP contribution in [0.4, 0.5) is 5.69 Å². The van der Waals surface area contributed by atoms with Gasteiger partial charge < -0.3 is 15.7 Å². The fourth-order valence-corrected chi connectivity index (χ4v) is 3.23. The zero-order chi connectivity index (χ0) is 20.1. The molecule has 0 spiro atoms. The summed E-state index contributed by atoms with van der Waals surface area (Å²) in [5.74, 6) is -1.43. The maximum Gasteiger partial charge on any atom is 0.313 e. The normalized spacial score (nSPS) is 11.8. The topological polar surface area (TPSA) is 78.4 Å². The highest BCUT2D eigenvalue weighted by Gasteiger charge is 2.16. The summed E-state index contributed by atoms with van der Waals surface area (Å²) >= 11 is 0. The van der Waals surface area contributed by atoms with Gasteiger partial charge >= 0.3 is 11.8 Å². The van der Waals surface area contributed by atoms with Gasteiger partial charge in [-0.3, -0.25) is 9.59 Å². The number of aryl methyl sites for hydroxylation is 2. The zero-order valence-corrected chi connectivity index (χ0v) is 16.0. The van der Waals surface area contributed by atoms with Crippen LogP contribution in [0.3, 0.4) is 0 Å². The van der Waals surface area contributed by atoms with Crippen molar-refractivity contribution < 1.29 is 14.7 Å². The lowest BCUT2D eigenvalue weighted by Gasteiger charge is -2.14. The minimum absolute atomic E-state index is 0.198. The SMILES string of the molecule is Cc1ccc(NC(=O)C(=O)NCCC(O)c2cccc3ccccc23)c(C)c1. The minimum Gasteiger partial charge on any atom is -0.388 e. The number of amides is 2. The maximum atomic E-state index is 12.1. The Hall–Kier alpha value is -3.18. The predicted molar refractivity (Wildman–Crippen MR) is 111 cm³/mol. The van der Waals surface area contributed by atoms with Crippen LogP contribution in [0.25, 0.3) is 10.8 Å². The second-order valence-corrected chi connectivity index (χ2v) is 6.90. The fraction of sp³-hybridized carbons (Fsp3) is 0.217. The molecule has 28 heavy (non-hydrogen) atoms. The first-order chi connectivity index (χ1) is 13.5. The highest BCUT2D eigenvalue weighted by molar-refractivity contribution is 6.39. The van der Waals surface area contributed by atoms with E-state index in [1.165, 1.54) is 0 Å². The van der Waals surface area contributed by atoms with E-state index in [2.05, 4.69) is 10.6 Å². The van der Waals surface area contributed by atoms with Crippen molar-refractivity contribution in [2.45, 2.75) is 26.4 Å². The maximum absolute atomic E-state index is 12.1. The van der Waals surface area contributed by atoms with Gasteiger partial charge in [-0.15, -0.1) is 0 Å². The Morgan fingerprint density at radius 2 is 1.71 bits per heavy atom. The van der Waals surface area contributed by atoms with Crippen LogP contribution >= 0.6 is 0 Å². The summed E-state index contributed by atoms with van der Waals surface area (Å²) < 4.78 is 0. The molecule has 3 aromatic carbocycles. The van der Waals surface area contributed by atoms with Crippen LogP contribution in [-0.2, 0) is 9.59 Å². The Balaban J connectivity index is 1.55. The molecule has 2 amide bonds. The van der Waals surface area contributed by atoms with Gasteiger partial charge in [0.25, 0.3) is 0 Å². The Morgan fingerprint density at radius 1 is 0.964 bits per heavy atom. The number of hydrogen-bond donors (Lipinski definition) is 3. The van der Waals surface area contributed by atoms with E-state index in [0.29, 0.717) is 12.1 Å². The molecule has 1 unspecified atom stereocenters. The molecule has 3 aromatic rings. The Labute approximate surface area is 164 Å². The number of nitrogens with one attached hydrogen (secondary N) is 2. The molecule has 0 saturated carbocycles. The Morgan fingerprint density at radius 3 is 2.50 bits per heavy atom. The molecule has 0 aliphatic heterocycles. The average Bonchev–Trinajstić information content (AvgIpc) is 2.69. The van der Waals surface area contributed by atoms with Gasteiger partial charge in [0, 0.05) is 12.2 Å². The largest absolute Gasteiger partial charge is 0.388 e. The Bertz CT molecular complexity index is 1010. The molecule has 0 aromatic heterocycles. The van der Waals surface area contributed by atoms with Crippen LogP contribution in [-0.4, -0.2) is 23.5 Å². The van der Waals surface area contributed by atoms with Crippen LogP contribution in [0.2, 0.25) is 0 Å². The molecular weight excluding hydrogens is 352 g/mol. The van der Waals surface area contributed by atoms with E-state index in [-0.39, 0.29) is 6.54 Å². The van der Waals surface area contributed by atoms with Gasteiger partial charge in [0.05, 0.1) is 6.10 Å². The average molecular weight is 376 g/mol. The van der Waals surface area contributed by atoms with Gasteiger partial charge in [-0.05, 0) is 48.2 Å². The molecule has 144 valence electrons. The highest BCUT2D eigenvalue weighted by atomic mass is 16.3. The summed E-state index contributed by atoms with van der Waals surface area (Å²) in [5.41, 5.74) is 3.41. The van der Waals surface area contributed by atoms with Crippen LogP contribution in [0, 0.1) is 13.8 Å². The molecule has 0 radical (unpaired) electrons. The summed E-state index contributed by atoms with van der Waals surface area (Å²) in [5, 5.41) is 17.7. The summed E-state index contributed by atoms with van der Waals surface area (Å²) in [4.78, 5) is 24.1. The van der Waals surface area contributed by atoms with Crippen LogP contribution < -0.4 is 10.6 Å². The number of rotatable bonds is 5. The van der Waals surface area contributed by atoms with Crippen molar-refractivity contribution in [1.82, 2.24) is 5.32 Å². The van der Waals surface area contributed by atoms with Crippen molar-refractivity contribution in [1.29, 1.82) is 0 Å². The van der Waals surface area contributed by atoms with Gasteiger partial charge in [0.1, 0.15) is 0 Å². The molecule has 0 heterocycles. The van der Waals surface area contributed by atoms with Crippen LogP contribution in [0.5, 0.6) is 0 Å².